The van der Waals surface area contributed by atoms with E-state index in [1.807, 2.05) is 0 Å². The number of esters is 2. The molecule has 0 rings (SSSR count). The summed E-state index contributed by atoms with van der Waals surface area (Å²) in [5.41, 5.74) is 0. The molecule has 0 amide bonds. The fourth-order valence-corrected chi connectivity index (χ4v) is 1.00. The van der Waals surface area contributed by atoms with Crippen molar-refractivity contribution < 1.29 is 47.6 Å². The molecule has 0 radical (unpaired) electrons. The first-order chi connectivity index (χ1) is 10.3. The van der Waals surface area contributed by atoms with Gasteiger partial charge in [0.1, 0.15) is 13.2 Å². The van der Waals surface area contributed by atoms with E-state index in [1.54, 1.807) is 0 Å². The average Bonchev–Trinajstić information content (AvgIpc) is 2.50. The van der Waals surface area contributed by atoms with Gasteiger partial charge in [0.05, 0.1) is 14.2 Å². The number of ether oxygens (including phenoxy) is 6. The summed E-state index contributed by atoms with van der Waals surface area (Å²) in [5.74, 6) is -1.80. The van der Waals surface area contributed by atoms with E-state index in [0.717, 1.165) is 14.2 Å². The largest absolute Gasteiger partial charge is 0.508 e. The number of rotatable bonds is 7. The maximum Gasteiger partial charge on any atom is 0.508 e. The first-order valence-electron chi connectivity index (χ1n) is 6.14. The molecule has 0 aromatic heterocycles. The van der Waals surface area contributed by atoms with Gasteiger partial charge in [0, 0.05) is 0 Å². The first kappa shape index (κ1) is 19.5. The molecule has 0 N–H and O–H groups in total. The van der Waals surface area contributed by atoms with Gasteiger partial charge in [0.25, 0.3) is 0 Å². The third-order valence-corrected chi connectivity index (χ3v) is 2.11. The van der Waals surface area contributed by atoms with Crippen molar-refractivity contribution in [1.82, 2.24) is 0 Å². The smallest absolute Gasteiger partial charge is 0.459 e. The molecule has 126 valence electrons. The minimum absolute atomic E-state index is 0.207. The van der Waals surface area contributed by atoms with Gasteiger partial charge < -0.3 is 28.4 Å². The van der Waals surface area contributed by atoms with Crippen LogP contribution in [0.4, 0.5) is 9.59 Å². The molecule has 2 atom stereocenters. The van der Waals surface area contributed by atoms with E-state index in [2.05, 4.69) is 18.9 Å². The van der Waals surface area contributed by atoms with Crippen LogP contribution in [0, 0.1) is 0 Å². The Morgan fingerprint density at radius 1 is 0.727 bits per heavy atom. The van der Waals surface area contributed by atoms with Crippen molar-refractivity contribution in [1.29, 1.82) is 0 Å². The summed E-state index contributed by atoms with van der Waals surface area (Å²) < 4.78 is 26.8. The van der Waals surface area contributed by atoms with Crippen molar-refractivity contribution in [3.63, 3.8) is 0 Å². The summed E-state index contributed by atoms with van der Waals surface area (Å²) in [5, 5.41) is 0. The molecule has 0 bridgehead atoms. The Balaban J connectivity index is 4.05. The fourth-order valence-electron chi connectivity index (χ4n) is 1.00. The van der Waals surface area contributed by atoms with Crippen molar-refractivity contribution in [2.75, 3.05) is 27.4 Å². The molecular formula is C12H18O10. The lowest BCUT2D eigenvalue weighted by molar-refractivity contribution is -0.172. The molecular weight excluding hydrogens is 304 g/mol. The van der Waals surface area contributed by atoms with E-state index >= 15 is 0 Å². The lowest BCUT2D eigenvalue weighted by Crippen LogP contribution is -2.33. The highest BCUT2D eigenvalue weighted by Crippen LogP contribution is 2.02. The van der Waals surface area contributed by atoms with Gasteiger partial charge in [-0.2, -0.15) is 0 Å². The van der Waals surface area contributed by atoms with Crippen LogP contribution in [0.5, 0.6) is 0 Å². The van der Waals surface area contributed by atoms with Gasteiger partial charge in [-0.3, -0.25) is 0 Å². The summed E-state index contributed by atoms with van der Waals surface area (Å²) in [4.78, 5) is 44.4. The Hall–Kier alpha value is -2.52. The van der Waals surface area contributed by atoms with Crippen molar-refractivity contribution in [2.24, 2.45) is 0 Å². The standard InChI is InChI=1S/C12H18O10/c1-7(9(13)19-5-6-20-11(15)17-3)21-10(14)8(2)22-12(16)18-4/h7-8H,5-6H2,1-4H3. The van der Waals surface area contributed by atoms with Crippen molar-refractivity contribution >= 4 is 24.2 Å². The SMILES string of the molecule is COC(=O)OCCOC(=O)C(C)OC(=O)C(C)OC(=O)OC. The number of methoxy groups -OCH3 is 2. The molecule has 0 heterocycles. The van der Waals surface area contributed by atoms with E-state index in [0.29, 0.717) is 0 Å². The Morgan fingerprint density at radius 3 is 1.77 bits per heavy atom. The minimum atomic E-state index is -1.25. The lowest BCUT2D eigenvalue weighted by Gasteiger charge is -2.15. The van der Waals surface area contributed by atoms with Crippen LogP contribution in [0.2, 0.25) is 0 Å². The van der Waals surface area contributed by atoms with Crippen LogP contribution in [0.15, 0.2) is 0 Å². The van der Waals surface area contributed by atoms with E-state index in [9.17, 15) is 19.2 Å². The Labute approximate surface area is 126 Å². The number of hydrogen-bond acceptors (Lipinski definition) is 10. The monoisotopic (exact) mass is 322 g/mol. The zero-order chi connectivity index (χ0) is 17.1. The molecule has 0 spiro atoms. The van der Waals surface area contributed by atoms with Crippen LogP contribution in [0.3, 0.4) is 0 Å². The number of hydrogen-bond donors (Lipinski definition) is 0. The zero-order valence-electron chi connectivity index (χ0n) is 12.7. The number of carbonyl (C=O) groups is 4. The topological polar surface area (TPSA) is 124 Å². The second-order valence-electron chi connectivity index (χ2n) is 3.76. The highest BCUT2D eigenvalue weighted by atomic mass is 16.7. The molecule has 22 heavy (non-hydrogen) atoms. The molecule has 0 aliphatic carbocycles. The van der Waals surface area contributed by atoms with E-state index in [-0.39, 0.29) is 13.2 Å². The van der Waals surface area contributed by atoms with Crippen molar-refractivity contribution in [3.05, 3.63) is 0 Å². The normalized spacial score (nSPS) is 12.4. The molecule has 0 saturated heterocycles. The second kappa shape index (κ2) is 10.2. The molecule has 2 unspecified atom stereocenters. The van der Waals surface area contributed by atoms with E-state index in [1.165, 1.54) is 13.8 Å². The van der Waals surface area contributed by atoms with E-state index < -0.39 is 36.5 Å². The highest BCUT2D eigenvalue weighted by molar-refractivity contribution is 5.82. The number of carbonyl (C=O) groups excluding carboxylic acids is 4. The molecule has 0 saturated carbocycles. The first-order valence-corrected chi connectivity index (χ1v) is 6.14. The predicted molar refractivity (Wildman–Crippen MR) is 67.8 cm³/mol. The molecule has 10 heteroatoms. The molecule has 0 fully saturated rings. The average molecular weight is 322 g/mol. The van der Waals surface area contributed by atoms with Crippen molar-refractivity contribution in [3.8, 4) is 0 Å². The summed E-state index contributed by atoms with van der Waals surface area (Å²) in [6.45, 7) is 2.08. The summed E-state index contributed by atoms with van der Waals surface area (Å²) in [7, 11) is 2.21. The Kier molecular flexibility index (Phi) is 9.07. The van der Waals surface area contributed by atoms with E-state index in [4.69, 9.17) is 9.47 Å². The van der Waals surface area contributed by atoms with Crippen molar-refractivity contribution in [2.45, 2.75) is 26.1 Å². The van der Waals surface area contributed by atoms with Gasteiger partial charge in [-0.05, 0) is 13.8 Å². The highest BCUT2D eigenvalue weighted by Gasteiger charge is 2.25. The van der Waals surface area contributed by atoms with Gasteiger partial charge in [-0.1, -0.05) is 0 Å². The van der Waals surface area contributed by atoms with Crippen LogP contribution < -0.4 is 0 Å². The van der Waals surface area contributed by atoms with Crippen LogP contribution in [0.25, 0.3) is 0 Å². The molecule has 0 aliphatic rings. The lowest BCUT2D eigenvalue weighted by atomic mass is 10.4. The van der Waals surface area contributed by atoms with Crippen LogP contribution >= 0.6 is 0 Å². The van der Waals surface area contributed by atoms with Gasteiger partial charge in [-0.15, -0.1) is 0 Å². The molecule has 0 aromatic carbocycles. The fraction of sp³-hybridized carbons (Fsp3) is 0.667. The maximum atomic E-state index is 11.5. The van der Waals surface area contributed by atoms with Gasteiger partial charge in [-0.25, -0.2) is 19.2 Å². The van der Waals surface area contributed by atoms with Gasteiger partial charge >= 0.3 is 24.2 Å². The zero-order valence-corrected chi connectivity index (χ0v) is 12.7. The Bertz CT molecular complexity index is 405. The third-order valence-electron chi connectivity index (χ3n) is 2.11. The summed E-state index contributed by atoms with van der Waals surface area (Å²) in [6.07, 6.45) is -4.44. The quantitative estimate of drug-likeness (QED) is 0.370. The summed E-state index contributed by atoms with van der Waals surface area (Å²) >= 11 is 0. The third kappa shape index (κ3) is 7.92. The molecule has 0 aromatic rings. The Morgan fingerprint density at radius 2 is 1.23 bits per heavy atom. The van der Waals surface area contributed by atoms with Gasteiger partial charge in [0.2, 0.25) is 0 Å². The minimum Gasteiger partial charge on any atom is -0.459 e. The molecule has 10 nitrogen and oxygen atoms in total. The van der Waals surface area contributed by atoms with Crippen LogP contribution in [-0.4, -0.2) is 63.9 Å². The second-order valence-corrected chi connectivity index (χ2v) is 3.76. The van der Waals surface area contributed by atoms with Crippen LogP contribution in [-0.2, 0) is 38.0 Å². The van der Waals surface area contributed by atoms with Gasteiger partial charge in [0.15, 0.2) is 12.2 Å². The molecule has 0 aliphatic heterocycles. The summed E-state index contributed by atoms with van der Waals surface area (Å²) in [6, 6.07) is 0. The predicted octanol–water partition coefficient (Wildman–Crippen LogP) is 0.416. The van der Waals surface area contributed by atoms with Crippen LogP contribution in [0.1, 0.15) is 13.8 Å². The maximum absolute atomic E-state index is 11.5.